The molecule has 0 saturated heterocycles. The van der Waals surface area contributed by atoms with Crippen molar-refractivity contribution in [3.05, 3.63) is 63.8 Å². The number of thiophene rings is 1. The van der Waals surface area contributed by atoms with Gasteiger partial charge in [-0.2, -0.15) is 0 Å². The van der Waals surface area contributed by atoms with Crippen LogP contribution in [0, 0.1) is 11.6 Å². The van der Waals surface area contributed by atoms with Gasteiger partial charge in [0.1, 0.15) is 6.54 Å². The molecule has 2 N–H and O–H groups in total. The first-order chi connectivity index (χ1) is 11.0. The molecule has 122 valence electrons. The minimum Gasteiger partial charge on any atom is -0.321 e. The van der Waals surface area contributed by atoms with Crippen LogP contribution in [-0.2, 0) is 11.3 Å². The number of hydrogen-bond donors (Lipinski definition) is 2. The number of benzene rings is 1. The van der Waals surface area contributed by atoms with E-state index < -0.39 is 11.6 Å². The van der Waals surface area contributed by atoms with Crippen LogP contribution in [-0.4, -0.2) is 19.0 Å². The summed E-state index contributed by atoms with van der Waals surface area (Å²) in [6.07, 6.45) is 1.73. The Kier molecular flexibility index (Phi) is 6.27. The summed E-state index contributed by atoms with van der Waals surface area (Å²) in [6.45, 7) is 5.11. The molecule has 7 heteroatoms. The fourth-order valence-corrected chi connectivity index (χ4v) is 3.27. The van der Waals surface area contributed by atoms with Crippen molar-refractivity contribution in [2.45, 2.75) is 6.54 Å². The lowest BCUT2D eigenvalue weighted by Crippen LogP contribution is -3.11. The maximum atomic E-state index is 13.1. The van der Waals surface area contributed by atoms with E-state index in [0.717, 1.165) is 21.9 Å². The van der Waals surface area contributed by atoms with Crippen LogP contribution in [0.2, 0.25) is 4.34 Å². The summed E-state index contributed by atoms with van der Waals surface area (Å²) in [5.74, 6) is -2.22. The van der Waals surface area contributed by atoms with Gasteiger partial charge < -0.3 is 10.2 Å². The molecule has 2 aromatic rings. The second kappa shape index (κ2) is 8.19. The smallest absolute Gasteiger partial charge is 0.279 e. The van der Waals surface area contributed by atoms with E-state index in [9.17, 15) is 13.6 Å². The molecule has 0 saturated carbocycles. The van der Waals surface area contributed by atoms with Crippen LogP contribution in [0.15, 0.2) is 43.0 Å². The summed E-state index contributed by atoms with van der Waals surface area (Å²) in [5.41, 5.74) is 0.228. The van der Waals surface area contributed by atoms with Gasteiger partial charge in [0.25, 0.3) is 5.91 Å². The van der Waals surface area contributed by atoms with Crippen LogP contribution in [0.1, 0.15) is 4.88 Å². The van der Waals surface area contributed by atoms with Gasteiger partial charge >= 0.3 is 0 Å². The van der Waals surface area contributed by atoms with Gasteiger partial charge in [-0.3, -0.25) is 4.79 Å². The van der Waals surface area contributed by atoms with Crippen molar-refractivity contribution in [3.8, 4) is 0 Å². The average molecular weight is 358 g/mol. The van der Waals surface area contributed by atoms with Gasteiger partial charge in [0.05, 0.1) is 15.8 Å². The molecule has 1 unspecified atom stereocenters. The first-order valence-corrected chi connectivity index (χ1v) is 8.11. The summed E-state index contributed by atoms with van der Waals surface area (Å²) < 4.78 is 26.7. The molecule has 0 aliphatic carbocycles. The van der Waals surface area contributed by atoms with Crippen molar-refractivity contribution < 1.29 is 18.5 Å². The SMILES string of the molecule is C=CC[NH+](CC(=O)Nc1ccc(F)c(F)c1)Cc1ccc(Cl)s1. The molecule has 0 aliphatic rings. The molecule has 1 amide bonds. The van der Waals surface area contributed by atoms with E-state index in [-0.39, 0.29) is 18.1 Å². The molecule has 0 radical (unpaired) electrons. The number of amides is 1. The lowest BCUT2D eigenvalue weighted by atomic mass is 10.3. The van der Waals surface area contributed by atoms with E-state index in [2.05, 4.69) is 11.9 Å². The number of rotatable bonds is 7. The van der Waals surface area contributed by atoms with Gasteiger partial charge in [0, 0.05) is 11.8 Å². The van der Waals surface area contributed by atoms with Crippen LogP contribution in [0.5, 0.6) is 0 Å². The van der Waals surface area contributed by atoms with E-state index in [0.29, 0.717) is 17.4 Å². The number of quaternary nitrogens is 1. The second-order valence-electron chi connectivity index (χ2n) is 4.98. The first-order valence-electron chi connectivity index (χ1n) is 6.91. The van der Waals surface area contributed by atoms with E-state index >= 15 is 0 Å². The standard InChI is InChI=1S/C16H15ClF2N2OS/c1-2-7-21(9-12-4-6-15(17)23-12)10-16(22)20-11-3-5-13(18)14(19)8-11/h2-6,8H,1,7,9-10H2,(H,20,22)/p+1. The Morgan fingerprint density at radius 1 is 1.30 bits per heavy atom. The zero-order valence-electron chi connectivity index (χ0n) is 12.2. The lowest BCUT2D eigenvalue weighted by molar-refractivity contribution is -0.899. The Morgan fingerprint density at radius 2 is 2.09 bits per heavy atom. The summed E-state index contributed by atoms with van der Waals surface area (Å²) in [4.78, 5) is 14.1. The maximum Gasteiger partial charge on any atom is 0.279 e. The van der Waals surface area contributed by atoms with Crippen LogP contribution >= 0.6 is 22.9 Å². The predicted molar refractivity (Wildman–Crippen MR) is 88.9 cm³/mol. The molecule has 1 heterocycles. The normalized spacial score (nSPS) is 12.0. The van der Waals surface area contributed by atoms with Crippen molar-refractivity contribution in [2.24, 2.45) is 0 Å². The van der Waals surface area contributed by atoms with Crippen molar-refractivity contribution in [2.75, 3.05) is 18.4 Å². The van der Waals surface area contributed by atoms with Gasteiger partial charge in [-0.1, -0.05) is 18.2 Å². The van der Waals surface area contributed by atoms with Gasteiger partial charge in [0.2, 0.25) is 0 Å². The number of nitrogens with one attached hydrogen (secondary N) is 2. The molecular weight excluding hydrogens is 342 g/mol. The molecule has 1 aromatic carbocycles. The fraction of sp³-hybridized carbons (Fsp3) is 0.188. The number of halogens is 3. The molecule has 1 atom stereocenters. The van der Waals surface area contributed by atoms with E-state index in [4.69, 9.17) is 11.6 Å². The van der Waals surface area contributed by atoms with Crippen molar-refractivity contribution in [3.63, 3.8) is 0 Å². The molecule has 3 nitrogen and oxygen atoms in total. The molecule has 0 aliphatic heterocycles. The van der Waals surface area contributed by atoms with Gasteiger partial charge in [-0.25, -0.2) is 8.78 Å². The Morgan fingerprint density at radius 3 is 2.70 bits per heavy atom. The highest BCUT2D eigenvalue weighted by Crippen LogP contribution is 2.20. The quantitative estimate of drug-likeness (QED) is 0.734. The Labute approximate surface area is 142 Å². The molecule has 0 spiro atoms. The second-order valence-corrected chi connectivity index (χ2v) is 6.78. The zero-order chi connectivity index (χ0) is 16.8. The molecule has 23 heavy (non-hydrogen) atoms. The first kappa shape index (κ1) is 17.6. The monoisotopic (exact) mass is 357 g/mol. The van der Waals surface area contributed by atoms with Crippen LogP contribution in [0.25, 0.3) is 0 Å². The molecular formula is C16H16ClF2N2OS+. The minimum absolute atomic E-state index is 0.181. The third-order valence-electron chi connectivity index (χ3n) is 3.10. The number of carbonyl (C=O) groups is 1. The highest BCUT2D eigenvalue weighted by atomic mass is 35.5. The fourth-order valence-electron chi connectivity index (χ4n) is 2.11. The van der Waals surface area contributed by atoms with E-state index in [1.54, 1.807) is 6.08 Å². The molecule has 0 bridgehead atoms. The zero-order valence-corrected chi connectivity index (χ0v) is 13.8. The number of carbonyl (C=O) groups excluding carboxylic acids is 1. The van der Waals surface area contributed by atoms with Crippen LogP contribution in [0.4, 0.5) is 14.5 Å². The van der Waals surface area contributed by atoms with E-state index in [1.807, 2.05) is 12.1 Å². The van der Waals surface area contributed by atoms with Gasteiger partial charge in [-0.15, -0.1) is 11.3 Å². The third kappa shape index (κ3) is 5.42. The summed E-state index contributed by atoms with van der Waals surface area (Å²) in [5, 5.41) is 2.57. The molecule has 2 rings (SSSR count). The topological polar surface area (TPSA) is 33.5 Å². The van der Waals surface area contributed by atoms with Gasteiger partial charge in [0.15, 0.2) is 18.2 Å². The summed E-state index contributed by atoms with van der Waals surface area (Å²) in [7, 11) is 0. The van der Waals surface area contributed by atoms with Crippen molar-refractivity contribution in [1.29, 1.82) is 0 Å². The largest absolute Gasteiger partial charge is 0.321 e. The Balaban J connectivity index is 1.96. The van der Waals surface area contributed by atoms with Crippen molar-refractivity contribution >= 4 is 34.5 Å². The average Bonchev–Trinajstić information content (AvgIpc) is 2.88. The lowest BCUT2D eigenvalue weighted by Gasteiger charge is -2.16. The number of anilines is 1. The third-order valence-corrected chi connectivity index (χ3v) is 4.33. The van der Waals surface area contributed by atoms with Gasteiger partial charge in [-0.05, 0) is 30.3 Å². The van der Waals surface area contributed by atoms with Crippen LogP contribution < -0.4 is 10.2 Å². The Bertz CT molecular complexity index is 705. The Hall–Kier alpha value is -1.76. The summed E-state index contributed by atoms with van der Waals surface area (Å²) >= 11 is 7.37. The van der Waals surface area contributed by atoms with E-state index in [1.165, 1.54) is 17.4 Å². The highest BCUT2D eigenvalue weighted by Gasteiger charge is 2.15. The maximum absolute atomic E-state index is 13.1. The minimum atomic E-state index is -0.994. The highest BCUT2D eigenvalue weighted by molar-refractivity contribution is 7.16. The van der Waals surface area contributed by atoms with Crippen molar-refractivity contribution in [1.82, 2.24) is 0 Å². The van der Waals surface area contributed by atoms with Crippen LogP contribution in [0.3, 0.4) is 0 Å². The number of hydrogen-bond acceptors (Lipinski definition) is 2. The summed E-state index contributed by atoms with van der Waals surface area (Å²) in [6, 6.07) is 6.99. The predicted octanol–water partition coefficient (Wildman–Crippen LogP) is 2.89. The molecule has 0 fully saturated rings. The molecule has 1 aromatic heterocycles.